The van der Waals surface area contributed by atoms with Gasteiger partial charge in [-0.3, -0.25) is 9.69 Å². The van der Waals surface area contributed by atoms with Crippen molar-refractivity contribution in [3.05, 3.63) is 0 Å². The molecular formula is C43H86N2O5. The van der Waals surface area contributed by atoms with E-state index in [0.717, 1.165) is 58.3 Å². The standard InChI is InChI=1S/C43H86N2O5/c1-8-13-16-19-21-23-25-29-40(30-26-24-22-20-17-14-9-2)38-49-42(46)33-28-32-41(31-27-18-15-10-3)50-43(47)48-37-36-45(39(6)7)35-34-44(11-4)12-5/h39-41H,8-38H2,1-7H3. The average Bonchev–Trinajstić information content (AvgIpc) is 3.10. The van der Waals surface area contributed by atoms with Crippen molar-refractivity contribution in [2.45, 2.75) is 215 Å². The molecule has 298 valence electrons. The fourth-order valence-corrected chi connectivity index (χ4v) is 6.76. The third-order valence-corrected chi connectivity index (χ3v) is 10.4. The van der Waals surface area contributed by atoms with Gasteiger partial charge in [-0.15, -0.1) is 0 Å². The second-order valence-electron chi connectivity index (χ2n) is 15.1. The summed E-state index contributed by atoms with van der Waals surface area (Å²) in [7, 11) is 0. The lowest BCUT2D eigenvalue weighted by molar-refractivity contribution is -0.145. The molecule has 7 nitrogen and oxygen atoms in total. The Balaban J connectivity index is 4.76. The maximum atomic E-state index is 12.8. The molecule has 1 unspecified atom stereocenters. The first kappa shape index (κ1) is 48.7. The first-order chi connectivity index (χ1) is 24.3. The van der Waals surface area contributed by atoms with Crippen molar-refractivity contribution in [1.82, 2.24) is 9.80 Å². The van der Waals surface area contributed by atoms with E-state index in [0.29, 0.717) is 51.0 Å². The molecule has 0 aliphatic carbocycles. The van der Waals surface area contributed by atoms with Crippen LogP contribution >= 0.6 is 0 Å². The molecule has 0 aromatic rings. The predicted octanol–water partition coefficient (Wildman–Crippen LogP) is 12.1. The van der Waals surface area contributed by atoms with Crippen molar-refractivity contribution in [2.75, 3.05) is 45.9 Å². The van der Waals surface area contributed by atoms with Crippen LogP contribution in [0.2, 0.25) is 0 Å². The smallest absolute Gasteiger partial charge is 0.465 e. The van der Waals surface area contributed by atoms with Crippen LogP contribution in [0.1, 0.15) is 203 Å². The summed E-state index contributed by atoms with van der Waals surface area (Å²) in [6.45, 7) is 21.1. The summed E-state index contributed by atoms with van der Waals surface area (Å²) in [5, 5.41) is 0. The summed E-state index contributed by atoms with van der Waals surface area (Å²) >= 11 is 0. The van der Waals surface area contributed by atoms with Crippen LogP contribution in [0, 0.1) is 5.92 Å². The largest absolute Gasteiger partial charge is 0.508 e. The lowest BCUT2D eigenvalue weighted by atomic mass is 9.94. The van der Waals surface area contributed by atoms with Crippen LogP contribution < -0.4 is 0 Å². The van der Waals surface area contributed by atoms with Crippen molar-refractivity contribution in [2.24, 2.45) is 5.92 Å². The third kappa shape index (κ3) is 30.3. The quantitative estimate of drug-likeness (QED) is 0.0469. The highest BCUT2D eigenvalue weighted by Gasteiger charge is 2.19. The Morgan fingerprint density at radius 3 is 1.54 bits per heavy atom. The fourth-order valence-electron chi connectivity index (χ4n) is 6.76. The molecule has 0 aliphatic rings. The SMILES string of the molecule is CCCCCCCCCC(CCCCCCCCC)COC(=O)CCCC(CCCCCC)OC(=O)OCCN(CCN(CC)CC)C(C)C. The number of carbonyl (C=O) groups is 2. The molecule has 0 heterocycles. The van der Waals surface area contributed by atoms with Crippen LogP contribution in [-0.4, -0.2) is 80.0 Å². The summed E-state index contributed by atoms with van der Waals surface area (Å²) in [6, 6.07) is 0.382. The lowest BCUT2D eigenvalue weighted by Crippen LogP contribution is -2.40. The summed E-state index contributed by atoms with van der Waals surface area (Å²) in [5.41, 5.74) is 0. The topological polar surface area (TPSA) is 68.3 Å². The van der Waals surface area contributed by atoms with E-state index in [1.807, 2.05) is 0 Å². The Morgan fingerprint density at radius 1 is 0.540 bits per heavy atom. The van der Waals surface area contributed by atoms with Gasteiger partial charge in [0.1, 0.15) is 12.7 Å². The van der Waals surface area contributed by atoms with Gasteiger partial charge in [-0.2, -0.15) is 0 Å². The van der Waals surface area contributed by atoms with Gasteiger partial charge in [0, 0.05) is 32.1 Å². The maximum absolute atomic E-state index is 12.8. The van der Waals surface area contributed by atoms with Crippen LogP contribution in [-0.2, 0) is 19.0 Å². The predicted molar refractivity (Wildman–Crippen MR) is 213 cm³/mol. The van der Waals surface area contributed by atoms with E-state index in [1.54, 1.807) is 0 Å². The van der Waals surface area contributed by atoms with E-state index in [-0.39, 0.29) is 12.1 Å². The molecule has 0 aromatic heterocycles. The van der Waals surface area contributed by atoms with E-state index in [2.05, 4.69) is 58.3 Å². The highest BCUT2D eigenvalue weighted by molar-refractivity contribution is 5.69. The molecule has 0 aromatic carbocycles. The van der Waals surface area contributed by atoms with Gasteiger partial charge in [0.2, 0.25) is 0 Å². The maximum Gasteiger partial charge on any atom is 0.508 e. The normalized spacial score (nSPS) is 12.4. The second kappa shape index (κ2) is 36.0. The molecular weight excluding hydrogens is 624 g/mol. The van der Waals surface area contributed by atoms with Gasteiger partial charge in [-0.1, -0.05) is 144 Å². The summed E-state index contributed by atoms with van der Waals surface area (Å²) in [5.74, 6) is 0.360. The van der Waals surface area contributed by atoms with E-state index >= 15 is 0 Å². The number of hydrogen-bond donors (Lipinski definition) is 0. The molecule has 0 bridgehead atoms. The molecule has 0 aliphatic heterocycles. The second-order valence-corrected chi connectivity index (χ2v) is 15.1. The van der Waals surface area contributed by atoms with Crippen LogP contribution in [0.15, 0.2) is 0 Å². The summed E-state index contributed by atoms with van der Waals surface area (Å²) < 4.78 is 17.2. The minimum absolute atomic E-state index is 0.111. The molecule has 50 heavy (non-hydrogen) atoms. The molecule has 0 radical (unpaired) electrons. The number of rotatable bonds is 37. The highest BCUT2D eigenvalue weighted by Crippen LogP contribution is 2.21. The van der Waals surface area contributed by atoms with E-state index in [1.165, 1.54) is 103 Å². The number of nitrogens with zero attached hydrogens (tertiary/aromatic N) is 2. The van der Waals surface area contributed by atoms with Crippen molar-refractivity contribution in [1.29, 1.82) is 0 Å². The van der Waals surface area contributed by atoms with Crippen molar-refractivity contribution >= 4 is 12.1 Å². The Bertz CT molecular complexity index is 727. The van der Waals surface area contributed by atoms with Gasteiger partial charge in [-0.25, -0.2) is 4.79 Å². The van der Waals surface area contributed by atoms with Crippen LogP contribution in [0.5, 0.6) is 0 Å². The Morgan fingerprint density at radius 2 is 1.02 bits per heavy atom. The van der Waals surface area contributed by atoms with E-state index in [4.69, 9.17) is 14.2 Å². The molecule has 0 saturated carbocycles. The van der Waals surface area contributed by atoms with Crippen molar-refractivity contribution in [3.8, 4) is 0 Å². The van der Waals surface area contributed by atoms with E-state index < -0.39 is 6.16 Å². The van der Waals surface area contributed by atoms with Crippen LogP contribution in [0.3, 0.4) is 0 Å². The fraction of sp³-hybridized carbons (Fsp3) is 0.953. The zero-order valence-electron chi connectivity index (χ0n) is 34.6. The molecule has 0 spiro atoms. The molecule has 0 N–H and O–H groups in total. The van der Waals surface area contributed by atoms with E-state index in [9.17, 15) is 9.59 Å². The number of unbranched alkanes of at least 4 members (excludes halogenated alkanes) is 15. The number of hydrogen-bond acceptors (Lipinski definition) is 7. The minimum atomic E-state index is -0.584. The molecule has 0 amide bonds. The van der Waals surface area contributed by atoms with Crippen LogP contribution in [0.25, 0.3) is 0 Å². The molecule has 7 heteroatoms. The number of ether oxygens (including phenoxy) is 3. The average molecular weight is 711 g/mol. The molecule has 0 saturated heterocycles. The van der Waals surface area contributed by atoms with Crippen molar-refractivity contribution < 1.29 is 23.8 Å². The Labute approximate surface area is 311 Å². The van der Waals surface area contributed by atoms with Crippen LogP contribution in [0.4, 0.5) is 4.79 Å². The first-order valence-corrected chi connectivity index (χ1v) is 21.8. The Hall–Kier alpha value is -1.34. The molecule has 0 fully saturated rings. The van der Waals surface area contributed by atoms with Gasteiger partial charge >= 0.3 is 12.1 Å². The van der Waals surface area contributed by atoms with Gasteiger partial charge in [0.25, 0.3) is 0 Å². The summed E-state index contributed by atoms with van der Waals surface area (Å²) in [6.07, 6.45) is 26.9. The molecule has 1 atom stereocenters. The molecule has 0 rings (SSSR count). The van der Waals surface area contributed by atoms with Gasteiger partial charge in [-0.05, 0) is 71.4 Å². The van der Waals surface area contributed by atoms with Gasteiger partial charge in [0.15, 0.2) is 0 Å². The highest BCUT2D eigenvalue weighted by atomic mass is 16.7. The lowest BCUT2D eigenvalue weighted by Gasteiger charge is -2.29. The Kier molecular flexibility index (Phi) is 35.1. The summed E-state index contributed by atoms with van der Waals surface area (Å²) in [4.78, 5) is 30.3. The zero-order chi connectivity index (χ0) is 37.1. The number of carbonyl (C=O) groups excluding carboxylic acids is 2. The first-order valence-electron chi connectivity index (χ1n) is 21.8. The van der Waals surface area contributed by atoms with Gasteiger partial charge in [0.05, 0.1) is 6.61 Å². The zero-order valence-corrected chi connectivity index (χ0v) is 34.6. The van der Waals surface area contributed by atoms with Gasteiger partial charge < -0.3 is 19.1 Å². The van der Waals surface area contributed by atoms with Crippen molar-refractivity contribution in [3.63, 3.8) is 0 Å². The monoisotopic (exact) mass is 711 g/mol. The third-order valence-electron chi connectivity index (χ3n) is 10.4. The number of likely N-dealkylation sites (N-methyl/N-ethyl adjacent to an activating group) is 1. The number of esters is 1. The minimum Gasteiger partial charge on any atom is -0.465 e.